The van der Waals surface area contributed by atoms with Gasteiger partial charge in [-0.1, -0.05) is 30.3 Å². The first kappa shape index (κ1) is 15.0. The Hall–Kier alpha value is -2.89. The normalized spacial score (nSPS) is 16.7. The van der Waals surface area contributed by atoms with Gasteiger partial charge in [-0.3, -0.25) is 9.59 Å². The van der Waals surface area contributed by atoms with Crippen LogP contribution in [0.3, 0.4) is 0 Å². The second-order valence-corrected chi connectivity index (χ2v) is 5.19. The Kier molecular flexibility index (Phi) is 3.97. The van der Waals surface area contributed by atoms with Crippen LogP contribution >= 0.6 is 0 Å². The average Bonchev–Trinajstić information content (AvgIpc) is 2.52. The first-order valence-electron chi connectivity index (χ1n) is 7.08. The highest BCUT2D eigenvalue weighted by Gasteiger charge is 2.35. The van der Waals surface area contributed by atoms with E-state index in [0.29, 0.717) is 17.0 Å². The minimum absolute atomic E-state index is 0.0159. The van der Waals surface area contributed by atoms with Gasteiger partial charge in [-0.05, 0) is 18.2 Å². The summed E-state index contributed by atoms with van der Waals surface area (Å²) in [6.45, 7) is 0.0159. The molecule has 6 heteroatoms. The fourth-order valence-electron chi connectivity index (χ4n) is 2.52. The Balaban J connectivity index is 1.97. The van der Waals surface area contributed by atoms with Crippen molar-refractivity contribution in [2.75, 3.05) is 4.90 Å². The molecule has 0 spiro atoms. The molecule has 0 bridgehead atoms. The molecule has 118 valence electrons. The zero-order valence-electron chi connectivity index (χ0n) is 12.1. The molecule has 0 aromatic heterocycles. The number of carboxylic acids is 1. The number of ether oxygens (including phenoxy) is 1. The summed E-state index contributed by atoms with van der Waals surface area (Å²) < 4.78 is 19.4. The first-order valence-corrected chi connectivity index (χ1v) is 7.08. The fourth-order valence-corrected chi connectivity index (χ4v) is 2.52. The van der Waals surface area contributed by atoms with Gasteiger partial charge in [-0.2, -0.15) is 0 Å². The number of fused-ring (bicyclic) bond motifs is 1. The van der Waals surface area contributed by atoms with Crippen molar-refractivity contribution in [2.24, 2.45) is 0 Å². The lowest BCUT2D eigenvalue weighted by Crippen LogP contribution is -2.46. The monoisotopic (exact) mass is 315 g/mol. The number of aliphatic carboxylic acids is 1. The molecule has 0 saturated carbocycles. The van der Waals surface area contributed by atoms with Gasteiger partial charge in [0, 0.05) is 5.56 Å². The van der Waals surface area contributed by atoms with Gasteiger partial charge in [0.25, 0.3) is 5.91 Å². The van der Waals surface area contributed by atoms with Crippen LogP contribution in [0.1, 0.15) is 12.0 Å². The van der Waals surface area contributed by atoms with E-state index >= 15 is 0 Å². The summed E-state index contributed by atoms with van der Waals surface area (Å²) in [5.74, 6) is -1.63. The molecule has 1 aliphatic rings. The molecule has 2 aromatic carbocycles. The first-order chi connectivity index (χ1) is 11.1. The largest absolute Gasteiger partial charge is 0.481 e. The topological polar surface area (TPSA) is 66.8 Å². The molecule has 0 saturated heterocycles. The molecule has 1 atom stereocenters. The average molecular weight is 315 g/mol. The van der Waals surface area contributed by atoms with Crippen molar-refractivity contribution >= 4 is 17.6 Å². The van der Waals surface area contributed by atoms with Crippen LogP contribution in [0.5, 0.6) is 5.75 Å². The van der Waals surface area contributed by atoms with Gasteiger partial charge >= 0.3 is 5.97 Å². The second kappa shape index (κ2) is 6.08. The highest BCUT2D eigenvalue weighted by Crippen LogP contribution is 2.35. The highest BCUT2D eigenvalue weighted by atomic mass is 19.1. The van der Waals surface area contributed by atoms with E-state index in [4.69, 9.17) is 9.84 Å². The second-order valence-electron chi connectivity index (χ2n) is 5.19. The summed E-state index contributed by atoms with van der Waals surface area (Å²) in [6, 6.07) is 13.0. The summed E-state index contributed by atoms with van der Waals surface area (Å²) >= 11 is 0. The van der Waals surface area contributed by atoms with E-state index in [-0.39, 0.29) is 6.54 Å². The smallest absolute Gasteiger partial charge is 0.307 e. The number of carbonyl (C=O) groups is 2. The van der Waals surface area contributed by atoms with Crippen molar-refractivity contribution in [1.29, 1.82) is 0 Å². The molecular formula is C17H14FNO4. The van der Waals surface area contributed by atoms with Crippen molar-refractivity contribution in [3.05, 3.63) is 59.9 Å². The number of carbonyl (C=O) groups excluding carboxylic acids is 1. The van der Waals surface area contributed by atoms with Crippen molar-refractivity contribution < 1.29 is 23.8 Å². The number of rotatable bonds is 4. The van der Waals surface area contributed by atoms with Crippen molar-refractivity contribution in [3.8, 4) is 5.75 Å². The number of carboxylic acid groups (broad SMARTS) is 1. The number of benzene rings is 2. The predicted molar refractivity (Wildman–Crippen MR) is 80.7 cm³/mol. The summed E-state index contributed by atoms with van der Waals surface area (Å²) in [7, 11) is 0. The van der Waals surface area contributed by atoms with E-state index in [0.717, 1.165) is 0 Å². The molecule has 2 aromatic rings. The van der Waals surface area contributed by atoms with Gasteiger partial charge in [0.1, 0.15) is 11.6 Å². The Morgan fingerprint density at radius 1 is 1.17 bits per heavy atom. The minimum Gasteiger partial charge on any atom is -0.481 e. The van der Waals surface area contributed by atoms with Crippen LogP contribution in [-0.2, 0) is 16.1 Å². The molecule has 0 fully saturated rings. The van der Waals surface area contributed by atoms with Crippen LogP contribution in [0.4, 0.5) is 10.1 Å². The molecule has 1 heterocycles. The van der Waals surface area contributed by atoms with Gasteiger partial charge in [-0.25, -0.2) is 4.39 Å². The maximum absolute atomic E-state index is 13.9. The zero-order valence-corrected chi connectivity index (χ0v) is 12.1. The number of anilines is 1. The fraction of sp³-hybridized carbons (Fsp3) is 0.176. The quantitative estimate of drug-likeness (QED) is 0.942. The third-order valence-electron chi connectivity index (χ3n) is 3.61. The van der Waals surface area contributed by atoms with Crippen LogP contribution in [0.15, 0.2) is 48.5 Å². The summed E-state index contributed by atoms with van der Waals surface area (Å²) in [4.78, 5) is 24.9. The van der Waals surface area contributed by atoms with Gasteiger partial charge in [0.05, 0.1) is 18.7 Å². The van der Waals surface area contributed by atoms with E-state index in [1.807, 2.05) is 0 Å². The molecule has 23 heavy (non-hydrogen) atoms. The third kappa shape index (κ3) is 3.01. The van der Waals surface area contributed by atoms with Crippen molar-refractivity contribution in [1.82, 2.24) is 0 Å². The maximum Gasteiger partial charge on any atom is 0.307 e. The van der Waals surface area contributed by atoms with Gasteiger partial charge in [-0.15, -0.1) is 0 Å². The van der Waals surface area contributed by atoms with Crippen LogP contribution in [0, 0.1) is 5.82 Å². The van der Waals surface area contributed by atoms with Crippen molar-refractivity contribution in [3.63, 3.8) is 0 Å². The van der Waals surface area contributed by atoms with Gasteiger partial charge in [0.15, 0.2) is 6.10 Å². The van der Waals surface area contributed by atoms with E-state index in [2.05, 4.69) is 0 Å². The number of para-hydroxylation sites is 2. The molecule has 1 unspecified atom stereocenters. The van der Waals surface area contributed by atoms with Crippen LogP contribution in [0.25, 0.3) is 0 Å². The van der Waals surface area contributed by atoms with Gasteiger partial charge < -0.3 is 14.7 Å². The Bertz CT molecular complexity index is 762. The SMILES string of the molecule is O=C(O)CC1Oc2ccccc2N(Cc2ccccc2F)C1=O. The summed E-state index contributed by atoms with van der Waals surface area (Å²) in [6.07, 6.45) is -1.56. The Labute approximate surface area is 131 Å². The molecule has 1 N–H and O–H groups in total. The number of hydrogen-bond donors (Lipinski definition) is 1. The molecule has 0 radical (unpaired) electrons. The Morgan fingerprint density at radius 2 is 1.87 bits per heavy atom. The predicted octanol–water partition coefficient (Wildman–Crippen LogP) is 2.59. The van der Waals surface area contributed by atoms with Crippen LogP contribution in [-0.4, -0.2) is 23.1 Å². The van der Waals surface area contributed by atoms with Crippen LogP contribution < -0.4 is 9.64 Å². The molecule has 3 rings (SSSR count). The Morgan fingerprint density at radius 3 is 2.61 bits per heavy atom. The van der Waals surface area contributed by atoms with Gasteiger partial charge in [0.2, 0.25) is 0 Å². The lowest BCUT2D eigenvalue weighted by atomic mass is 10.1. The maximum atomic E-state index is 13.9. The van der Waals surface area contributed by atoms with E-state index in [1.165, 1.54) is 11.0 Å². The standard InChI is InChI=1S/C17H14FNO4/c18-12-6-2-1-5-11(12)10-19-13-7-3-4-8-14(13)23-15(17(19)22)9-16(20)21/h1-8,15H,9-10H2,(H,20,21). The highest BCUT2D eigenvalue weighted by molar-refractivity contribution is 6.01. The molecule has 1 aliphatic heterocycles. The van der Waals surface area contributed by atoms with Crippen molar-refractivity contribution in [2.45, 2.75) is 19.1 Å². The lowest BCUT2D eigenvalue weighted by Gasteiger charge is -2.34. The number of halogens is 1. The third-order valence-corrected chi connectivity index (χ3v) is 3.61. The molecule has 1 amide bonds. The number of nitrogens with zero attached hydrogens (tertiary/aromatic N) is 1. The zero-order chi connectivity index (χ0) is 16.4. The summed E-state index contributed by atoms with van der Waals surface area (Å²) in [5, 5.41) is 8.94. The molecule has 5 nitrogen and oxygen atoms in total. The molecular weight excluding hydrogens is 301 g/mol. The summed E-state index contributed by atoms with van der Waals surface area (Å²) in [5.41, 5.74) is 0.856. The lowest BCUT2D eigenvalue weighted by molar-refractivity contribution is -0.142. The van der Waals surface area contributed by atoms with Crippen LogP contribution in [0.2, 0.25) is 0 Å². The minimum atomic E-state index is -1.13. The molecule has 0 aliphatic carbocycles. The van der Waals surface area contributed by atoms with E-state index in [1.54, 1.807) is 42.5 Å². The van der Waals surface area contributed by atoms with E-state index < -0.39 is 30.2 Å². The number of hydrogen-bond acceptors (Lipinski definition) is 3. The van der Waals surface area contributed by atoms with E-state index in [9.17, 15) is 14.0 Å². The number of amides is 1.